The molecule has 23 heavy (non-hydrogen) atoms. The number of hydrogen-bond acceptors (Lipinski definition) is 1. The van der Waals surface area contributed by atoms with Gasteiger partial charge in [-0.1, -0.05) is 25.3 Å². The number of quaternary nitrogens is 1. The first-order valence-electron chi connectivity index (χ1n) is 7.00. The van der Waals surface area contributed by atoms with E-state index >= 15 is 0 Å². The zero-order valence-corrected chi connectivity index (χ0v) is 13.4. The van der Waals surface area contributed by atoms with E-state index in [-0.39, 0.29) is 6.04 Å². The molecule has 0 rings (SSSR count). The van der Waals surface area contributed by atoms with Gasteiger partial charge in [-0.05, 0) is 76.0 Å². The molecule has 0 aromatic heterocycles. The molecule has 3 atom stereocenters. The van der Waals surface area contributed by atoms with E-state index in [9.17, 15) is 5.11 Å². The second-order valence-electron chi connectivity index (χ2n) is 4.40. The summed E-state index contributed by atoms with van der Waals surface area (Å²) in [6, 6.07) is -0.0764. The number of aliphatic hydroxyl groups is 1. The average Bonchev–Trinajstić information content (AvgIpc) is 2.57. The van der Waals surface area contributed by atoms with Crippen molar-refractivity contribution >= 4 is 0 Å². The summed E-state index contributed by atoms with van der Waals surface area (Å²) in [6.07, 6.45) is 1.81. The fraction of sp³-hybridized carbons (Fsp3) is 0.286. The Morgan fingerprint density at radius 3 is 1.78 bits per heavy atom. The lowest BCUT2D eigenvalue weighted by atomic mass is 9.95. The van der Waals surface area contributed by atoms with Gasteiger partial charge in [0, 0.05) is 12.0 Å². The average molecular weight is 300 g/mol. The van der Waals surface area contributed by atoms with Gasteiger partial charge in [-0.2, -0.15) is 0 Å². The van der Waals surface area contributed by atoms with Crippen molar-refractivity contribution in [1.29, 1.82) is 0 Å². The molecule has 0 unspecified atom stereocenters. The van der Waals surface area contributed by atoms with E-state index in [4.69, 9.17) is 0 Å². The molecule has 0 aliphatic heterocycles. The van der Waals surface area contributed by atoms with E-state index in [1.807, 2.05) is 6.92 Å². The maximum atomic E-state index is 9.85. The van der Waals surface area contributed by atoms with Crippen LogP contribution in [0, 0.1) is 5.92 Å². The molecule has 0 spiro atoms. The van der Waals surface area contributed by atoms with Crippen molar-refractivity contribution < 1.29 is 10.8 Å². The molecule has 0 saturated heterocycles. The van der Waals surface area contributed by atoms with Crippen molar-refractivity contribution in [3.63, 3.8) is 0 Å². The Kier molecular flexibility index (Phi) is 11.9. The van der Waals surface area contributed by atoms with Crippen LogP contribution in [0.5, 0.6) is 0 Å². The molecule has 0 bridgehead atoms. The minimum Gasteiger partial charge on any atom is -0.382 e. The zero-order chi connectivity index (χ0) is 17.3. The summed E-state index contributed by atoms with van der Waals surface area (Å²) in [5.74, 6) is 0.336. The fourth-order valence-corrected chi connectivity index (χ4v) is 1.25. The molecular formula is C21H18NO+. The molecular weight excluding hydrogens is 282 g/mol. The Labute approximate surface area is 137 Å². The standard InChI is InChI=1S/C21H17NO/c1-4-6-7-8-9-10-11-12-13-14-15-16-17-18-20(23)21(22)19(3)5-2/h18-21,23H,1,5,22H2,2-3H3/p+1/t19-,20-,21-/m0/s1. The normalized spacial score (nSPS) is 10.8. The summed E-state index contributed by atoms with van der Waals surface area (Å²) in [6.45, 7) is 7.42. The fourth-order valence-electron chi connectivity index (χ4n) is 1.25. The number of rotatable bonds is 4. The van der Waals surface area contributed by atoms with Crippen LogP contribution in [0.3, 0.4) is 0 Å². The van der Waals surface area contributed by atoms with Crippen LogP contribution in [-0.4, -0.2) is 17.3 Å². The molecule has 112 valence electrons. The Balaban J connectivity index is 5.33. The molecule has 4 N–H and O–H groups in total. The van der Waals surface area contributed by atoms with E-state index in [0.29, 0.717) is 5.92 Å². The molecule has 0 aromatic carbocycles. The van der Waals surface area contributed by atoms with Crippen molar-refractivity contribution in [2.75, 3.05) is 0 Å². The third-order valence-corrected chi connectivity index (χ3v) is 2.85. The second kappa shape index (κ2) is 13.8. The van der Waals surface area contributed by atoms with E-state index in [0.717, 1.165) is 6.42 Å². The third-order valence-electron chi connectivity index (χ3n) is 2.85. The lowest BCUT2D eigenvalue weighted by Gasteiger charge is -2.17. The van der Waals surface area contributed by atoms with Crippen molar-refractivity contribution in [2.24, 2.45) is 5.92 Å². The predicted molar refractivity (Wildman–Crippen MR) is 88.0 cm³/mol. The third kappa shape index (κ3) is 11.2. The molecule has 2 nitrogen and oxygen atoms in total. The van der Waals surface area contributed by atoms with Crippen molar-refractivity contribution in [2.45, 2.75) is 32.4 Å². The first-order valence-corrected chi connectivity index (χ1v) is 7.00. The van der Waals surface area contributed by atoms with Crippen molar-refractivity contribution in [3.05, 3.63) is 87.2 Å². The summed E-state index contributed by atoms with van der Waals surface area (Å²) in [7, 11) is 0. The molecule has 0 saturated carbocycles. The lowest BCUT2D eigenvalue weighted by molar-refractivity contribution is -0.445. The molecule has 0 aromatic rings. The Bertz CT molecular complexity index is 886. The van der Waals surface area contributed by atoms with Crippen LogP contribution < -0.4 is 5.73 Å². The van der Waals surface area contributed by atoms with Crippen LogP contribution in [-0.2, 0) is 0 Å². The molecule has 0 aliphatic carbocycles. The quantitative estimate of drug-likeness (QED) is 0.768. The van der Waals surface area contributed by atoms with E-state index in [1.165, 1.54) is 6.08 Å². The Morgan fingerprint density at radius 1 is 0.913 bits per heavy atom. The van der Waals surface area contributed by atoms with E-state index < -0.39 is 6.10 Å². The monoisotopic (exact) mass is 300 g/mol. The SMILES string of the molecule is C=C=C=C=C=C=C=C=C=C=C=C=C=C=C[C@H](O)[C@@H]([NH3+])[C@@H](C)CC. The molecule has 2 heteroatoms. The van der Waals surface area contributed by atoms with Gasteiger partial charge in [0.1, 0.15) is 12.1 Å². The van der Waals surface area contributed by atoms with Crippen LogP contribution in [0.25, 0.3) is 0 Å². The van der Waals surface area contributed by atoms with Gasteiger partial charge in [0.2, 0.25) is 0 Å². The minimum absolute atomic E-state index is 0.0764. The van der Waals surface area contributed by atoms with Crippen LogP contribution in [0.1, 0.15) is 20.3 Å². The molecule has 0 amide bonds. The first-order chi connectivity index (χ1) is 11.1. The lowest BCUT2D eigenvalue weighted by Crippen LogP contribution is -2.68. The van der Waals surface area contributed by atoms with Crippen LogP contribution in [0.4, 0.5) is 0 Å². The van der Waals surface area contributed by atoms with Crippen molar-refractivity contribution in [3.8, 4) is 0 Å². The highest BCUT2D eigenvalue weighted by Gasteiger charge is 2.21. The number of aliphatic hydroxyl groups excluding tert-OH is 1. The minimum atomic E-state index is -0.656. The Hall–Kier alpha value is -3.20. The highest BCUT2D eigenvalue weighted by Crippen LogP contribution is 2.07. The number of hydrogen-bond donors (Lipinski definition) is 2. The summed E-state index contributed by atoms with van der Waals surface area (Å²) < 4.78 is 0. The van der Waals surface area contributed by atoms with Gasteiger partial charge < -0.3 is 10.8 Å². The van der Waals surface area contributed by atoms with Crippen LogP contribution in [0.15, 0.2) is 87.2 Å². The summed E-state index contributed by atoms with van der Waals surface area (Å²) in [5, 5.41) is 9.85. The zero-order valence-electron chi connectivity index (χ0n) is 13.4. The van der Waals surface area contributed by atoms with E-state index in [1.54, 1.807) is 0 Å². The largest absolute Gasteiger partial charge is 0.382 e. The molecule has 0 fully saturated rings. The summed E-state index contributed by atoms with van der Waals surface area (Å²) >= 11 is 0. The van der Waals surface area contributed by atoms with Gasteiger partial charge >= 0.3 is 0 Å². The first kappa shape index (κ1) is 19.8. The van der Waals surface area contributed by atoms with Gasteiger partial charge in [0.25, 0.3) is 0 Å². The second-order valence-corrected chi connectivity index (χ2v) is 4.40. The van der Waals surface area contributed by atoms with E-state index in [2.05, 4.69) is 93.7 Å². The van der Waals surface area contributed by atoms with Gasteiger partial charge in [-0.15, -0.1) is 0 Å². The predicted octanol–water partition coefficient (Wildman–Crippen LogP) is 2.21. The van der Waals surface area contributed by atoms with Gasteiger partial charge in [0.15, 0.2) is 0 Å². The smallest absolute Gasteiger partial charge is 0.132 e. The topological polar surface area (TPSA) is 47.9 Å². The maximum Gasteiger partial charge on any atom is 0.132 e. The maximum absolute atomic E-state index is 9.85. The van der Waals surface area contributed by atoms with Gasteiger partial charge in [-0.3, -0.25) is 0 Å². The highest BCUT2D eigenvalue weighted by molar-refractivity contribution is 4.95. The summed E-state index contributed by atoms with van der Waals surface area (Å²) in [5.41, 5.74) is 36.7. The molecule has 0 radical (unpaired) electrons. The van der Waals surface area contributed by atoms with Gasteiger partial charge in [0.05, 0.1) is 0 Å². The van der Waals surface area contributed by atoms with Crippen molar-refractivity contribution in [1.82, 2.24) is 0 Å². The Morgan fingerprint density at radius 2 is 1.35 bits per heavy atom. The molecule has 0 heterocycles. The van der Waals surface area contributed by atoms with Crippen LogP contribution >= 0.6 is 0 Å². The highest BCUT2D eigenvalue weighted by atomic mass is 16.3. The van der Waals surface area contributed by atoms with Gasteiger partial charge in [-0.25, -0.2) is 0 Å². The summed E-state index contributed by atoms with van der Waals surface area (Å²) in [4.78, 5) is 0. The van der Waals surface area contributed by atoms with Crippen LogP contribution in [0.2, 0.25) is 0 Å². The molecule has 0 aliphatic rings.